The lowest BCUT2D eigenvalue weighted by molar-refractivity contribution is 0.0498. The van der Waals surface area contributed by atoms with Gasteiger partial charge in [-0.15, -0.1) is 0 Å². The van der Waals surface area contributed by atoms with Gasteiger partial charge in [-0.25, -0.2) is 9.59 Å². The van der Waals surface area contributed by atoms with E-state index in [9.17, 15) is 14.7 Å². The summed E-state index contributed by atoms with van der Waals surface area (Å²) in [5.41, 5.74) is 1.65. The van der Waals surface area contributed by atoms with Crippen LogP contribution in [0.25, 0.3) is 11.1 Å². The smallest absolute Gasteiger partial charge is 0.338 e. The third-order valence-corrected chi connectivity index (χ3v) is 3.83. The molecular formula is C20H22O4. The summed E-state index contributed by atoms with van der Waals surface area (Å²) in [6.07, 6.45) is 4.13. The first-order valence-electron chi connectivity index (χ1n) is 8.24. The summed E-state index contributed by atoms with van der Waals surface area (Å²) in [4.78, 5) is 23.8. The van der Waals surface area contributed by atoms with Crippen LogP contribution < -0.4 is 0 Å². The molecule has 0 fully saturated rings. The van der Waals surface area contributed by atoms with E-state index in [1.165, 1.54) is 6.07 Å². The summed E-state index contributed by atoms with van der Waals surface area (Å²) in [6.45, 7) is 2.51. The van der Waals surface area contributed by atoms with E-state index in [2.05, 4.69) is 6.92 Å². The molecule has 0 atom stereocenters. The normalized spacial score (nSPS) is 10.4. The highest BCUT2D eigenvalue weighted by Crippen LogP contribution is 2.27. The van der Waals surface area contributed by atoms with Gasteiger partial charge in [-0.1, -0.05) is 62.6 Å². The number of carboxylic acids is 1. The van der Waals surface area contributed by atoms with Gasteiger partial charge >= 0.3 is 11.9 Å². The second-order valence-electron chi connectivity index (χ2n) is 5.59. The van der Waals surface area contributed by atoms with Crippen molar-refractivity contribution in [2.45, 2.75) is 32.6 Å². The molecule has 2 aromatic carbocycles. The van der Waals surface area contributed by atoms with Crippen LogP contribution in [0.2, 0.25) is 0 Å². The topological polar surface area (TPSA) is 63.6 Å². The number of rotatable bonds is 8. The zero-order valence-corrected chi connectivity index (χ0v) is 13.8. The largest absolute Gasteiger partial charge is 0.478 e. The lowest BCUT2D eigenvalue weighted by atomic mass is 9.95. The predicted octanol–water partition coefficient (Wildman–Crippen LogP) is 4.79. The summed E-state index contributed by atoms with van der Waals surface area (Å²) in [6, 6.07) is 13.6. The molecule has 0 unspecified atom stereocenters. The van der Waals surface area contributed by atoms with Crippen LogP contribution in [0.5, 0.6) is 0 Å². The summed E-state index contributed by atoms with van der Waals surface area (Å²) in [5.74, 6) is -1.43. The Morgan fingerprint density at radius 1 is 0.875 bits per heavy atom. The Bertz CT molecular complexity index is 706. The number of ether oxygens (including phenoxy) is 1. The molecule has 0 radical (unpaired) electrons. The van der Waals surface area contributed by atoms with Crippen LogP contribution in [0.15, 0.2) is 48.5 Å². The maximum atomic E-state index is 12.4. The van der Waals surface area contributed by atoms with E-state index in [1.54, 1.807) is 42.5 Å². The van der Waals surface area contributed by atoms with E-state index < -0.39 is 11.9 Å². The Morgan fingerprint density at radius 3 is 2.08 bits per heavy atom. The fourth-order valence-electron chi connectivity index (χ4n) is 2.57. The van der Waals surface area contributed by atoms with Gasteiger partial charge in [0.05, 0.1) is 17.7 Å². The van der Waals surface area contributed by atoms with Crippen LogP contribution in [-0.2, 0) is 4.74 Å². The number of esters is 1. The van der Waals surface area contributed by atoms with Crippen molar-refractivity contribution in [2.24, 2.45) is 0 Å². The third-order valence-electron chi connectivity index (χ3n) is 3.83. The zero-order valence-electron chi connectivity index (χ0n) is 13.8. The monoisotopic (exact) mass is 326 g/mol. The van der Waals surface area contributed by atoms with Gasteiger partial charge in [0, 0.05) is 0 Å². The van der Waals surface area contributed by atoms with Crippen LogP contribution in [-0.4, -0.2) is 23.7 Å². The maximum absolute atomic E-state index is 12.4. The molecule has 4 nitrogen and oxygen atoms in total. The van der Waals surface area contributed by atoms with E-state index in [0.29, 0.717) is 23.3 Å². The van der Waals surface area contributed by atoms with Crippen molar-refractivity contribution in [3.63, 3.8) is 0 Å². The van der Waals surface area contributed by atoms with Gasteiger partial charge in [0.15, 0.2) is 0 Å². The van der Waals surface area contributed by atoms with Gasteiger partial charge < -0.3 is 9.84 Å². The lowest BCUT2D eigenvalue weighted by Gasteiger charge is -2.11. The van der Waals surface area contributed by atoms with Crippen molar-refractivity contribution >= 4 is 11.9 Å². The van der Waals surface area contributed by atoms with Gasteiger partial charge in [-0.3, -0.25) is 0 Å². The summed E-state index contributed by atoms with van der Waals surface area (Å²) < 4.78 is 5.35. The van der Waals surface area contributed by atoms with Crippen LogP contribution in [0.1, 0.15) is 53.3 Å². The molecule has 0 saturated heterocycles. The van der Waals surface area contributed by atoms with Crippen LogP contribution in [0, 0.1) is 0 Å². The molecule has 0 heterocycles. The minimum absolute atomic E-state index is 0.167. The standard InChI is InChI=1S/C20H22O4/c1-2-3-4-9-14-24-20(23)18-13-8-6-11-16(18)15-10-5-7-12-17(15)19(21)22/h5-8,10-13H,2-4,9,14H2,1H3,(H,21,22). The van der Waals surface area contributed by atoms with Crippen molar-refractivity contribution in [3.05, 3.63) is 59.7 Å². The summed E-state index contributed by atoms with van der Waals surface area (Å²) in [5, 5.41) is 9.36. The number of hydrogen-bond donors (Lipinski definition) is 1. The Labute approximate surface area is 142 Å². The average molecular weight is 326 g/mol. The van der Waals surface area contributed by atoms with Crippen LogP contribution >= 0.6 is 0 Å². The minimum atomic E-state index is -1.02. The van der Waals surface area contributed by atoms with Crippen LogP contribution in [0.4, 0.5) is 0 Å². The summed E-state index contributed by atoms with van der Waals surface area (Å²) >= 11 is 0. The predicted molar refractivity (Wildman–Crippen MR) is 93.3 cm³/mol. The molecule has 0 aliphatic rings. The minimum Gasteiger partial charge on any atom is -0.478 e. The highest BCUT2D eigenvalue weighted by molar-refractivity contribution is 6.02. The second kappa shape index (κ2) is 8.87. The molecule has 0 aliphatic heterocycles. The third kappa shape index (κ3) is 4.44. The Kier molecular flexibility index (Phi) is 6.55. The molecule has 4 heteroatoms. The van der Waals surface area contributed by atoms with Gasteiger partial charge in [0.25, 0.3) is 0 Å². The molecule has 0 amide bonds. The molecule has 1 N–H and O–H groups in total. The van der Waals surface area contributed by atoms with E-state index in [4.69, 9.17) is 4.74 Å². The highest BCUT2D eigenvalue weighted by atomic mass is 16.5. The van der Waals surface area contributed by atoms with Crippen molar-refractivity contribution in [1.82, 2.24) is 0 Å². The molecule has 0 spiro atoms. The Hall–Kier alpha value is -2.62. The number of hydrogen-bond acceptors (Lipinski definition) is 3. The molecular weight excluding hydrogens is 304 g/mol. The van der Waals surface area contributed by atoms with Crippen molar-refractivity contribution in [1.29, 1.82) is 0 Å². The first-order valence-corrected chi connectivity index (χ1v) is 8.24. The average Bonchev–Trinajstić information content (AvgIpc) is 2.61. The number of unbranched alkanes of at least 4 members (excludes halogenated alkanes) is 3. The Morgan fingerprint density at radius 2 is 1.46 bits per heavy atom. The van der Waals surface area contributed by atoms with Crippen molar-refractivity contribution < 1.29 is 19.4 Å². The fraction of sp³-hybridized carbons (Fsp3) is 0.300. The summed E-state index contributed by atoms with van der Waals surface area (Å²) in [7, 11) is 0. The zero-order chi connectivity index (χ0) is 17.4. The first kappa shape index (κ1) is 17.7. The molecule has 126 valence electrons. The second-order valence-corrected chi connectivity index (χ2v) is 5.59. The molecule has 24 heavy (non-hydrogen) atoms. The number of carbonyl (C=O) groups excluding carboxylic acids is 1. The fourth-order valence-corrected chi connectivity index (χ4v) is 2.57. The molecule has 2 rings (SSSR count). The lowest BCUT2D eigenvalue weighted by Crippen LogP contribution is -2.09. The van der Waals surface area contributed by atoms with Gasteiger partial charge in [0.1, 0.15) is 0 Å². The van der Waals surface area contributed by atoms with E-state index in [0.717, 1.165) is 25.7 Å². The van der Waals surface area contributed by atoms with Gasteiger partial charge in [-0.2, -0.15) is 0 Å². The maximum Gasteiger partial charge on any atom is 0.338 e. The van der Waals surface area contributed by atoms with Crippen molar-refractivity contribution in [3.8, 4) is 11.1 Å². The molecule has 0 aliphatic carbocycles. The molecule has 2 aromatic rings. The van der Waals surface area contributed by atoms with Crippen LogP contribution in [0.3, 0.4) is 0 Å². The van der Waals surface area contributed by atoms with E-state index >= 15 is 0 Å². The highest BCUT2D eigenvalue weighted by Gasteiger charge is 2.18. The number of benzene rings is 2. The Balaban J connectivity index is 2.22. The molecule has 0 bridgehead atoms. The number of carbonyl (C=O) groups is 2. The molecule has 0 aromatic heterocycles. The first-order chi connectivity index (χ1) is 11.6. The SMILES string of the molecule is CCCCCCOC(=O)c1ccccc1-c1ccccc1C(=O)O. The number of aromatic carboxylic acids is 1. The van der Waals surface area contributed by atoms with Gasteiger partial charge in [0.2, 0.25) is 0 Å². The van der Waals surface area contributed by atoms with E-state index in [1.807, 2.05) is 0 Å². The quantitative estimate of drug-likeness (QED) is 0.559. The molecule has 0 saturated carbocycles. The van der Waals surface area contributed by atoms with Crippen molar-refractivity contribution in [2.75, 3.05) is 6.61 Å². The van der Waals surface area contributed by atoms with E-state index in [-0.39, 0.29) is 5.56 Å². The van der Waals surface area contributed by atoms with Gasteiger partial charge in [-0.05, 0) is 29.7 Å². The number of carboxylic acid groups (broad SMARTS) is 1.